The van der Waals surface area contributed by atoms with Gasteiger partial charge in [-0.25, -0.2) is 4.79 Å². The maximum Gasteiger partial charge on any atom is 0.409 e. The van der Waals surface area contributed by atoms with E-state index in [0.29, 0.717) is 32.9 Å². The van der Waals surface area contributed by atoms with Crippen molar-refractivity contribution in [2.45, 2.75) is 32.0 Å². The average molecular weight is 229 g/mol. The van der Waals surface area contributed by atoms with Crippen LogP contribution in [-0.4, -0.2) is 49.7 Å². The van der Waals surface area contributed by atoms with Gasteiger partial charge < -0.3 is 19.1 Å². The summed E-state index contributed by atoms with van der Waals surface area (Å²) in [6.07, 6.45) is 2.13. The minimum atomic E-state index is -0.415. The third kappa shape index (κ3) is 2.47. The molecule has 0 aromatic rings. The highest BCUT2D eigenvalue weighted by Crippen LogP contribution is 2.31. The fourth-order valence-corrected chi connectivity index (χ4v) is 2.10. The Balaban J connectivity index is 1.78. The Kier molecular flexibility index (Phi) is 3.66. The van der Waals surface area contributed by atoms with Crippen molar-refractivity contribution in [3.63, 3.8) is 0 Å². The van der Waals surface area contributed by atoms with E-state index in [1.54, 1.807) is 4.90 Å². The van der Waals surface area contributed by atoms with E-state index in [-0.39, 0.29) is 6.09 Å². The Morgan fingerprint density at radius 1 is 1.31 bits per heavy atom. The van der Waals surface area contributed by atoms with Crippen LogP contribution in [-0.2, 0) is 14.2 Å². The molecule has 5 nitrogen and oxygen atoms in total. The van der Waals surface area contributed by atoms with Gasteiger partial charge in [-0.1, -0.05) is 6.92 Å². The molecule has 2 aliphatic rings. The molecule has 1 amide bonds. The number of rotatable bonds is 2. The van der Waals surface area contributed by atoms with Crippen LogP contribution in [0.5, 0.6) is 0 Å². The average Bonchev–Trinajstić information content (AvgIpc) is 2.75. The Labute approximate surface area is 95.6 Å². The van der Waals surface area contributed by atoms with Gasteiger partial charge in [-0.15, -0.1) is 0 Å². The highest BCUT2D eigenvalue weighted by Gasteiger charge is 2.40. The topological polar surface area (TPSA) is 48.0 Å². The molecule has 0 N–H and O–H groups in total. The van der Waals surface area contributed by atoms with Crippen LogP contribution < -0.4 is 0 Å². The van der Waals surface area contributed by atoms with E-state index >= 15 is 0 Å². The van der Waals surface area contributed by atoms with Gasteiger partial charge in [0.05, 0.1) is 19.8 Å². The van der Waals surface area contributed by atoms with Gasteiger partial charge in [0.2, 0.25) is 0 Å². The standard InChI is InChI=1S/C11H19NO4/c1-2-7-14-10(13)12-5-3-11(4-6-12)15-8-9-16-11/h2-9H2,1H3. The number of ether oxygens (including phenoxy) is 3. The highest BCUT2D eigenvalue weighted by molar-refractivity contribution is 5.67. The first-order valence-corrected chi connectivity index (χ1v) is 5.95. The van der Waals surface area contributed by atoms with E-state index in [1.807, 2.05) is 6.92 Å². The summed E-state index contributed by atoms with van der Waals surface area (Å²) < 4.78 is 16.3. The molecule has 2 saturated heterocycles. The molecule has 2 fully saturated rings. The Morgan fingerprint density at radius 3 is 2.50 bits per heavy atom. The molecule has 0 aromatic heterocycles. The van der Waals surface area contributed by atoms with E-state index in [2.05, 4.69) is 0 Å². The number of carbonyl (C=O) groups excluding carboxylic acids is 1. The normalized spacial score (nSPS) is 23.7. The van der Waals surface area contributed by atoms with Crippen molar-refractivity contribution in [2.24, 2.45) is 0 Å². The number of nitrogens with zero attached hydrogens (tertiary/aromatic N) is 1. The van der Waals surface area contributed by atoms with Gasteiger partial charge in [0.25, 0.3) is 0 Å². The van der Waals surface area contributed by atoms with E-state index in [9.17, 15) is 4.79 Å². The molecule has 2 heterocycles. The zero-order valence-corrected chi connectivity index (χ0v) is 9.74. The second-order valence-corrected chi connectivity index (χ2v) is 4.21. The number of amides is 1. The lowest BCUT2D eigenvalue weighted by atomic mass is 10.0. The first-order chi connectivity index (χ1) is 7.76. The molecule has 0 atom stereocenters. The molecule has 0 unspecified atom stereocenters. The van der Waals surface area contributed by atoms with Crippen LogP contribution in [0.3, 0.4) is 0 Å². The summed E-state index contributed by atoms with van der Waals surface area (Å²) in [6, 6.07) is 0. The summed E-state index contributed by atoms with van der Waals surface area (Å²) in [5.74, 6) is -0.415. The predicted octanol–water partition coefficient (Wildman–Crippen LogP) is 1.37. The molecule has 16 heavy (non-hydrogen) atoms. The molecule has 0 saturated carbocycles. The molecule has 0 bridgehead atoms. The first-order valence-electron chi connectivity index (χ1n) is 5.95. The maximum absolute atomic E-state index is 11.6. The van der Waals surface area contributed by atoms with E-state index < -0.39 is 5.79 Å². The van der Waals surface area contributed by atoms with E-state index in [4.69, 9.17) is 14.2 Å². The quantitative estimate of drug-likeness (QED) is 0.717. The van der Waals surface area contributed by atoms with Crippen molar-refractivity contribution in [3.05, 3.63) is 0 Å². The number of hydrogen-bond donors (Lipinski definition) is 0. The lowest BCUT2D eigenvalue weighted by molar-refractivity contribution is -0.182. The maximum atomic E-state index is 11.6. The van der Waals surface area contributed by atoms with Crippen molar-refractivity contribution >= 4 is 6.09 Å². The second kappa shape index (κ2) is 5.01. The smallest absolute Gasteiger partial charge is 0.409 e. The lowest BCUT2D eigenvalue weighted by Crippen LogP contribution is -2.47. The van der Waals surface area contributed by atoms with Crippen LogP contribution in [0.2, 0.25) is 0 Å². The van der Waals surface area contributed by atoms with E-state index in [0.717, 1.165) is 19.3 Å². The van der Waals surface area contributed by atoms with Gasteiger partial charge >= 0.3 is 6.09 Å². The monoisotopic (exact) mass is 229 g/mol. The summed E-state index contributed by atoms with van der Waals surface area (Å²) in [7, 11) is 0. The largest absolute Gasteiger partial charge is 0.449 e. The van der Waals surface area contributed by atoms with Gasteiger partial charge in [0.15, 0.2) is 5.79 Å². The molecular weight excluding hydrogens is 210 g/mol. The molecule has 0 aromatic carbocycles. The zero-order chi connectivity index (χ0) is 11.4. The predicted molar refractivity (Wildman–Crippen MR) is 57.1 cm³/mol. The number of piperidine rings is 1. The number of carbonyl (C=O) groups is 1. The highest BCUT2D eigenvalue weighted by atomic mass is 16.7. The van der Waals surface area contributed by atoms with E-state index in [1.165, 1.54) is 0 Å². The van der Waals surface area contributed by atoms with Crippen LogP contribution >= 0.6 is 0 Å². The van der Waals surface area contributed by atoms with Crippen molar-refractivity contribution in [3.8, 4) is 0 Å². The minimum absolute atomic E-state index is 0.213. The minimum Gasteiger partial charge on any atom is -0.449 e. The summed E-state index contributed by atoms with van der Waals surface area (Å²) >= 11 is 0. The molecule has 5 heteroatoms. The van der Waals surface area contributed by atoms with Gasteiger partial charge in [0.1, 0.15) is 0 Å². The van der Waals surface area contributed by atoms with Crippen LogP contribution in [0, 0.1) is 0 Å². The van der Waals surface area contributed by atoms with Crippen LogP contribution in [0.15, 0.2) is 0 Å². The fraction of sp³-hybridized carbons (Fsp3) is 0.909. The molecule has 2 aliphatic heterocycles. The van der Waals surface area contributed by atoms with Crippen LogP contribution in [0.4, 0.5) is 4.79 Å². The van der Waals surface area contributed by atoms with Crippen molar-refractivity contribution < 1.29 is 19.0 Å². The van der Waals surface area contributed by atoms with Crippen molar-refractivity contribution in [1.29, 1.82) is 0 Å². The zero-order valence-electron chi connectivity index (χ0n) is 9.74. The molecule has 0 aliphatic carbocycles. The Morgan fingerprint density at radius 2 is 1.94 bits per heavy atom. The van der Waals surface area contributed by atoms with Gasteiger partial charge in [-0.2, -0.15) is 0 Å². The molecule has 92 valence electrons. The molecule has 1 spiro atoms. The Bertz CT molecular complexity index is 240. The summed E-state index contributed by atoms with van der Waals surface area (Å²) in [4.78, 5) is 13.3. The summed E-state index contributed by atoms with van der Waals surface area (Å²) in [5, 5.41) is 0. The number of hydrogen-bond acceptors (Lipinski definition) is 4. The van der Waals surface area contributed by atoms with Crippen molar-refractivity contribution in [1.82, 2.24) is 4.90 Å². The fourth-order valence-electron chi connectivity index (χ4n) is 2.10. The van der Waals surface area contributed by atoms with Crippen molar-refractivity contribution in [2.75, 3.05) is 32.9 Å². The van der Waals surface area contributed by atoms with Crippen LogP contribution in [0.1, 0.15) is 26.2 Å². The van der Waals surface area contributed by atoms with Crippen LogP contribution in [0.25, 0.3) is 0 Å². The molecular formula is C11H19NO4. The first kappa shape index (κ1) is 11.7. The Hall–Kier alpha value is -0.810. The van der Waals surface area contributed by atoms with Gasteiger partial charge in [-0.3, -0.25) is 0 Å². The summed E-state index contributed by atoms with van der Waals surface area (Å²) in [6.45, 7) is 5.12. The van der Waals surface area contributed by atoms with Gasteiger partial charge in [-0.05, 0) is 6.42 Å². The lowest BCUT2D eigenvalue weighted by Gasteiger charge is -2.36. The number of likely N-dealkylation sites (tertiary alicyclic amines) is 1. The van der Waals surface area contributed by atoms with Gasteiger partial charge in [0, 0.05) is 25.9 Å². The third-order valence-electron chi connectivity index (χ3n) is 3.03. The molecule has 0 radical (unpaired) electrons. The SMILES string of the molecule is CCCOC(=O)N1CCC2(CC1)OCCO2. The second-order valence-electron chi connectivity index (χ2n) is 4.21. The summed E-state index contributed by atoms with van der Waals surface area (Å²) in [5.41, 5.74) is 0. The molecule has 2 rings (SSSR count). The third-order valence-corrected chi connectivity index (χ3v) is 3.03.